The summed E-state index contributed by atoms with van der Waals surface area (Å²) >= 11 is 5.81. The molecule has 0 unspecified atom stereocenters. The van der Waals surface area contributed by atoms with Gasteiger partial charge >= 0.3 is 5.97 Å². The fraction of sp³-hybridized carbons (Fsp3) is 0.0625. The molecule has 23 heavy (non-hydrogen) atoms. The Balaban J connectivity index is 1.65. The van der Waals surface area contributed by atoms with Crippen molar-refractivity contribution < 1.29 is 14.1 Å². The molecule has 1 aromatic heterocycles. The number of hydrogen-bond donors (Lipinski definition) is 1. The predicted molar refractivity (Wildman–Crippen MR) is 84.7 cm³/mol. The Labute approximate surface area is 136 Å². The number of benzene rings is 2. The number of nitrogens with two attached hydrogens (primary N) is 1. The van der Waals surface area contributed by atoms with Crippen LogP contribution in [0.5, 0.6) is 0 Å². The number of esters is 1. The lowest BCUT2D eigenvalue weighted by atomic mass is 10.2. The molecule has 1 heterocycles. The third-order valence-corrected chi connectivity index (χ3v) is 3.40. The Morgan fingerprint density at radius 3 is 2.74 bits per heavy atom. The zero-order valence-corrected chi connectivity index (χ0v) is 12.7. The van der Waals surface area contributed by atoms with Crippen LogP contribution in [-0.4, -0.2) is 16.1 Å². The predicted octanol–water partition coefficient (Wildman–Crippen LogP) is 3.33. The first-order chi connectivity index (χ1) is 11.1. The minimum atomic E-state index is -0.548. The highest BCUT2D eigenvalue weighted by Gasteiger charge is 2.13. The monoisotopic (exact) mass is 329 g/mol. The molecular weight excluding hydrogens is 318 g/mol. The SMILES string of the molecule is Nc1cc(C(=O)OCc2nc(-c3ccccc3)no2)ccc1Cl. The van der Waals surface area contributed by atoms with E-state index in [9.17, 15) is 4.79 Å². The molecule has 0 saturated heterocycles. The van der Waals surface area contributed by atoms with Gasteiger partial charge in [0.05, 0.1) is 16.3 Å². The third kappa shape index (κ3) is 3.49. The summed E-state index contributed by atoms with van der Waals surface area (Å²) in [4.78, 5) is 16.1. The maximum atomic E-state index is 11.9. The molecule has 0 saturated carbocycles. The van der Waals surface area contributed by atoms with Gasteiger partial charge in [0.1, 0.15) is 0 Å². The summed E-state index contributed by atoms with van der Waals surface area (Å²) in [7, 11) is 0. The van der Waals surface area contributed by atoms with Gasteiger partial charge in [-0.05, 0) is 18.2 Å². The fourth-order valence-corrected chi connectivity index (χ4v) is 2.02. The zero-order valence-electron chi connectivity index (χ0n) is 11.9. The van der Waals surface area contributed by atoms with Gasteiger partial charge in [-0.25, -0.2) is 4.79 Å². The van der Waals surface area contributed by atoms with Crippen LogP contribution in [0.3, 0.4) is 0 Å². The molecule has 7 heteroatoms. The van der Waals surface area contributed by atoms with E-state index < -0.39 is 5.97 Å². The highest BCUT2D eigenvalue weighted by Crippen LogP contribution is 2.20. The maximum Gasteiger partial charge on any atom is 0.338 e. The average Bonchev–Trinajstić information content (AvgIpc) is 3.05. The first kappa shape index (κ1) is 15.1. The van der Waals surface area contributed by atoms with Crippen molar-refractivity contribution in [2.24, 2.45) is 0 Å². The minimum absolute atomic E-state index is 0.124. The van der Waals surface area contributed by atoms with E-state index in [2.05, 4.69) is 10.1 Å². The van der Waals surface area contributed by atoms with Gasteiger partial charge in [-0.1, -0.05) is 47.1 Å². The Morgan fingerprint density at radius 2 is 2.00 bits per heavy atom. The molecule has 0 aliphatic rings. The Bertz CT molecular complexity index is 834. The lowest BCUT2D eigenvalue weighted by molar-refractivity contribution is 0.0430. The van der Waals surface area contributed by atoms with Crippen LogP contribution in [0.1, 0.15) is 16.2 Å². The van der Waals surface area contributed by atoms with Crippen molar-refractivity contribution in [2.45, 2.75) is 6.61 Å². The summed E-state index contributed by atoms with van der Waals surface area (Å²) < 4.78 is 10.2. The van der Waals surface area contributed by atoms with Crippen LogP contribution in [0, 0.1) is 0 Å². The summed E-state index contributed by atoms with van der Waals surface area (Å²) in [5.41, 5.74) is 7.08. The van der Waals surface area contributed by atoms with Gasteiger partial charge < -0.3 is 15.0 Å². The molecule has 0 atom stereocenters. The second-order valence-electron chi connectivity index (χ2n) is 4.69. The molecule has 2 N–H and O–H groups in total. The number of carbonyl (C=O) groups excluding carboxylic acids is 1. The van der Waals surface area contributed by atoms with Crippen molar-refractivity contribution in [3.05, 3.63) is 65.0 Å². The molecule has 3 rings (SSSR count). The average molecular weight is 330 g/mol. The third-order valence-electron chi connectivity index (χ3n) is 3.06. The van der Waals surface area contributed by atoms with Crippen LogP contribution >= 0.6 is 11.6 Å². The van der Waals surface area contributed by atoms with Crippen molar-refractivity contribution >= 4 is 23.3 Å². The van der Waals surface area contributed by atoms with E-state index in [1.807, 2.05) is 30.3 Å². The first-order valence-electron chi connectivity index (χ1n) is 6.73. The fourth-order valence-electron chi connectivity index (χ4n) is 1.90. The van der Waals surface area contributed by atoms with Gasteiger partial charge in [-0.15, -0.1) is 0 Å². The lowest BCUT2D eigenvalue weighted by Gasteiger charge is -2.03. The van der Waals surface area contributed by atoms with Crippen LogP contribution in [0.4, 0.5) is 5.69 Å². The number of hydrogen-bond acceptors (Lipinski definition) is 6. The van der Waals surface area contributed by atoms with Crippen molar-refractivity contribution in [2.75, 3.05) is 5.73 Å². The van der Waals surface area contributed by atoms with Gasteiger partial charge in [0.2, 0.25) is 5.82 Å². The van der Waals surface area contributed by atoms with Crippen molar-refractivity contribution in [1.82, 2.24) is 10.1 Å². The molecule has 0 radical (unpaired) electrons. The summed E-state index contributed by atoms with van der Waals surface area (Å²) in [5, 5.41) is 4.23. The topological polar surface area (TPSA) is 91.2 Å². The largest absolute Gasteiger partial charge is 0.452 e. The van der Waals surface area contributed by atoms with E-state index >= 15 is 0 Å². The van der Waals surface area contributed by atoms with Gasteiger partial charge in [0, 0.05) is 5.56 Å². The molecule has 2 aromatic carbocycles. The summed E-state index contributed by atoms with van der Waals surface area (Å²) in [5.74, 6) is 0.0966. The highest BCUT2D eigenvalue weighted by molar-refractivity contribution is 6.33. The van der Waals surface area contributed by atoms with Crippen LogP contribution < -0.4 is 5.73 Å². The standard InChI is InChI=1S/C16H12ClN3O3/c17-12-7-6-11(8-13(12)18)16(21)22-9-14-19-15(20-23-14)10-4-2-1-3-5-10/h1-8H,9,18H2. The number of aromatic nitrogens is 2. The number of halogens is 1. The summed E-state index contributed by atoms with van der Waals surface area (Å²) in [6, 6.07) is 13.9. The maximum absolute atomic E-state index is 11.9. The zero-order chi connectivity index (χ0) is 16.2. The van der Waals surface area contributed by atoms with Crippen molar-refractivity contribution in [3.63, 3.8) is 0 Å². The Morgan fingerprint density at radius 1 is 1.22 bits per heavy atom. The second-order valence-corrected chi connectivity index (χ2v) is 5.10. The first-order valence-corrected chi connectivity index (χ1v) is 7.11. The molecule has 116 valence electrons. The molecule has 0 amide bonds. The van der Waals surface area contributed by atoms with Gasteiger partial charge in [0.25, 0.3) is 5.89 Å². The van der Waals surface area contributed by atoms with Crippen LogP contribution in [-0.2, 0) is 11.3 Å². The molecule has 0 aliphatic heterocycles. The molecule has 0 spiro atoms. The number of rotatable bonds is 4. The number of nitrogen functional groups attached to an aromatic ring is 1. The quantitative estimate of drug-likeness (QED) is 0.583. The molecule has 0 bridgehead atoms. The smallest absolute Gasteiger partial charge is 0.338 e. The molecule has 0 fully saturated rings. The number of ether oxygens (including phenoxy) is 1. The molecular formula is C16H12ClN3O3. The highest BCUT2D eigenvalue weighted by atomic mass is 35.5. The van der Waals surface area contributed by atoms with Gasteiger partial charge in [-0.3, -0.25) is 0 Å². The van der Waals surface area contributed by atoms with Gasteiger partial charge in [0.15, 0.2) is 6.61 Å². The lowest BCUT2D eigenvalue weighted by Crippen LogP contribution is -2.06. The number of carbonyl (C=O) groups is 1. The summed E-state index contributed by atoms with van der Waals surface area (Å²) in [6.07, 6.45) is 0. The Kier molecular flexibility index (Phi) is 4.25. The molecule has 6 nitrogen and oxygen atoms in total. The molecule has 3 aromatic rings. The Hall–Kier alpha value is -2.86. The minimum Gasteiger partial charge on any atom is -0.452 e. The second kappa shape index (κ2) is 6.50. The number of nitrogens with zero attached hydrogens (tertiary/aromatic N) is 2. The molecule has 0 aliphatic carbocycles. The summed E-state index contributed by atoms with van der Waals surface area (Å²) in [6.45, 7) is -0.124. The number of anilines is 1. The van der Waals surface area contributed by atoms with Gasteiger partial charge in [-0.2, -0.15) is 4.98 Å². The van der Waals surface area contributed by atoms with Crippen LogP contribution in [0.2, 0.25) is 5.02 Å². The van der Waals surface area contributed by atoms with E-state index in [0.717, 1.165) is 5.56 Å². The van der Waals surface area contributed by atoms with Crippen LogP contribution in [0.25, 0.3) is 11.4 Å². The van der Waals surface area contributed by atoms with Crippen LogP contribution in [0.15, 0.2) is 53.1 Å². The van der Waals surface area contributed by atoms with E-state index in [-0.39, 0.29) is 12.5 Å². The van der Waals surface area contributed by atoms with Crippen molar-refractivity contribution in [1.29, 1.82) is 0 Å². The normalized spacial score (nSPS) is 10.5. The van der Waals surface area contributed by atoms with E-state index in [1.165, 1.54) is 18.2 Å². The van der Waals surface area contributed by atoms with E-state index in [1.54, 1.807) is 0 Å². The van der Waals surface area contributed by atoms with E-state index in [0.29, 0.717) is 22.1 Å². The van der Waals surface area contributed by atoms with Crippen molar-refractivity contribution in [3.8, 4) is 11.4 Å². The van der Waals surface area contributed by atoms with E-state index in [4.69, 9.17) is 26.6 Å².